The third kappa shape index (κ3) is 3.64. The summed E-state index contributed by atoms with van der Waals surface area (Å²) in [5.74, 6) is 1.33. The molecular weight excluding hydrogens is 450 g/mol. The van der Waals surface area contributed by atoms with Crippen LogP contribution in [-0.4, -0.2) is 62.2 Å². The Morgan fingerprint density at radius 2 is 1.75 bits per heavy atom. The van der Waals surface area contributed by atoms with Gasteiger partial charge in [-0.2, -0.15) is 0 Å². The number of aromatic nitrogens is 2. The predicted molar refractivity (Wildman–Crippen MR) is 141 cm³/mol. The van der Waals surface area contributed by atoms with E-state index in [-0.39, 0.29) is 23.1 Å². The normalized spacial score (nSPS) is 20.6. The van der Waals surface area contributed by atoms with Crippen molar-refractivity contribution in [3.63, 3.8) is 0 Å². The summed E-state index contributed by atoms with van der Waals surface area (Å²) in [5.41, 5.74) is 5.44. The molecule has 0 atom stereocenters. The van der Waals surface area contributed by atoms with Crippen LogP contribution in [0.1, 0.15) is 44.7 Å². The highest BCUT2D eigenvalue weighted by Gasteiger charge is 2.50. The molecule has 2 aromatic carbocycles. The minimum atomic E-state index is -0.787. The zero-order valence-electron chi connectivity index (χ0n) is 21.7. The van der Waals surface area contributed by atoms with E-state index in [0.29, 0.717) is 6.54 Å². The standard InChI is InChI=1S/C29H33N5O2/c1-18-12-20(21-7-9-24-23(13-21)30-17-32(24)5)6-8-22(18)25-31-28(2,3)26(35)34(25)16-19-14-33(15-19)27(36)29(4)10-11-29/h6-9,12-13,17,19H,10-11,14-16H2,1-5H3. The van der Waals surface area contributed by atoms with Crippen molar-refractivity contribution in [2.75, 3.05) is 19.6 Å². The summed E-state index contributed by atoms with van der Waals surface area (Å²) in [5, 5.41) is 0. The lowest BCUT2D eigenvalue weighted by Crippen LogP contribution is -2.56. The number of rotatable bonds is 5. The van der Waals surface area contributed by atoms with Crippen LogP contribution in [0.4, 0.5) is 0 Å². The molecule has 1 saturated heterocycles. The Kier molecular flexibility index (Phi) is 4.95. The van der Waals surface area contributed by atoms with Gasteiger partial charge in [-0.25, -0.2) is 4.98 Å². The first-order valence-corrected chi connectivity index (χ1v) is 12.8. The van der Waals surface area contributed by atoms with Crippen LogP contribution in [0, 0.1) is 18.3 Å². The van der Waals surface area contributed by atoms with E-state index >= 15 is 0 Å². The van der Waals surface area contributed by atoms with E-state index in [4.69, 9.17) is 4.99 Å². The van der Waals surface area contributed by atoms with Gasteiger partial charge in [0.05, 0.1) is 17.4 Å². The summed E-state index contributed by atoms with van der Waals surface area (Å²) in [4.78, 5) is 39.1. The highest BCUT2D eigenvalue weighted by Crippen LogP contribution is 2.47. The Balaban J connectivity index is 1.24. The molecule has 0 radical (unpaired) electrons. The average molecular weight is 484 g/mol. The smallest absolute Gasteiger partial charge is 0.255 e. The van der Waals surface area contributed by atoms with Gasteiger partial charge in [-0.05, 0) is 62.4 Å². The lowest BCUT2D eigenvalue weighted by atomic mass is 9.94. The highest BCUT2D eigenvalue weighted by molar-refractivity contribution is 6.15. The monoisotopic (exact) mass is 483 g/mol. The van der Waals surface area contributed by atoms with Crippen LogP contribution >= 0.6 is 0 Å². The first kappa shape index (κ1) is 23.0. The lowest BCUT2D eigenvalue weighted by Gasteiger charge is -2.42. The van der Waals surface area contributed by atoms with Crippen molar-refractivity contribution in [1.82, 2.24) is 19.4 Å². The van der Waals surface area contributed by atoms with E-state index in [2.05, 4.69) is 55.2 Å². The number of amides is 2. The van der Waals surface area contributed by atoms with Crippen LogP contribution < -0.4 is 0 Å². The zero-order valence-corrected chi connectivity index (χ0v) is 21.7. The molecule has 0 unspecified atom stereocenters. The van der Waals surface area contributed by atoms with Crippen molar-refractivity contribution in [1.29, 1.82) is 0 Å². The summed E-state index contributed by atoms with van der Waals surface area (Å²) >= 11 is 0. The van der Waals surface area contributed by atoms with Gasteiger partial charge in [0, 0.05) is 43.6 Å². The van der Waals surface area contributed by atoms with Crippen LogP contribution in [-0.2, 0) is 16.6 Å². The number of imidazole rings is 1. The van der Waals surface area contributed by atoms with Crippen molar-refractivity contribution in [3.05, 3.63) is 53.9 Å². The van der Waals surface area contributed by atoms with E-state index in [1.165, 1.54) is 0 Å². The van der Waals surface area contributed by atoms with Crippen molar-refractivity contribution < 1.29 is 9.59 Å². The molecule has 2 amide bonds. The van der Waals surface area contributed by atoms with Crippen molar-refractivity contribution in [2.24, 2.45) is 23.4 Å². The van der Waals surface area contributed by atoms with Gasteiger partial charge in [0.15, 0.2) is 0 Å². The molecule has 0 bridgehead atoms. The van der Waals surface area contributed by atoms with Crippen LogP contribution in [0.15, 0.2) is 47.7 Å². The Bertz CT molecular complexity index is 1440. The number of hydrogen-bond acceptors (Lipinski definition) is 4. The molecule has 36 heavy (non-hydrogen) atoms. The Morgan fingerprint density at radius 1 is 1.06 bits per heavy atom. The van der Waals surface area contributed by atoms with Gasteiger partial charge < -0.3 is 9.47 Å². The van der Waals surface area contributed by atoms with Crippen LogP contribution in [0.2, 0.25) is 0 Å². The number of carbonyl (C=O) groups excluding carboxylic acids is 2. The molecule has 186 valence electrons. The first-order chi connectivity index (χ1) is 17.1. The molecule has 1 aromatic heterocycles. The van der Waals surface area contributed by atoms with Crippen LogP contribution in [0.25, 0.3) is 22.2 Å². The summed E-state index contributed by atoms with van der Waals surface area (Å²) in [6, 6.07) is 12.7. The number of amidine groups is 1. The van der Waals surface area contributed by atoms with Gasteiger partial charge in [0.25, 0.3) is 5.91 Å². The summed E-state index contributed by atoms with van der Waals surface area (Å²) in [6.07, 6.45) is 3.82. The molecule has 2 fully saturated rings. The number of fused-ring (bicyclic) bond motifs is 1. The van der Waals surface area contributed by atoms with Gasteiger partial charge in [-0.3, -0.25) is 19.5 Å². The number of aliphatic imine (C=N–C) groups is 1. The second-order valence-electron chi connectivity index (χ2n) is 11.6. The lowest BCUT2D eigenvalue weighted by molar-refractivity contribution is -0.143. The fourth-order valence-electron chi connectivity index (χ4n) is 5.48. The van der Waals surface area contributed by atoms with E-state index in [1.54, 1.807) is 0 Å². The molecule has 3 aliphatic rings. The van der Waals surface area contributed by atoms with Crippen molar-refractivity contribution in [2.45, 2.75) is 46.1 Å². The molecule has 2 aliphatic heterocycles. The maximum absolute atomic E-state index is 13.3. The molecule has 3 heterocycles. The maximum Gasteiger partial charge on any atom is 0.255 e. The highest BCUT2D eigenvalue weighted by atomic mass is 16.2. The number of benzene rings is 2. The van der Waals surface area contributed by atoms with Crippen LogP contribution in [0.5, 0.6) is 0 Å². The van der Waals surface area contributed by atoms with E-state index in [0.717, 1.165) is 65.1 Å². The quantitative estimate of drug-likeness (QED) is 0.547. The topological polar surface area (TPSA) is 70.8 Å². The third-order valence-electron chi connectivity index (χ3n) is 8.14. The van der Waals surface area contributed by atoms with Crippen molar-refractivity contribution >= 4 is 28.7 Å². The predicted octanol–water partition coefficient (Wildman–Crippen LogP) is 4.17. The zero-order chi connectivity index (χ0) is 25.4. The summed E-state index contributed by atoms with van der Waals surface area (Å²) in [7, 11) is 2.00. The van der Waals surface area contributed by atoms with E-state index < -0.39 is 5.54 Å². The van der Waals surface area contributed by atoms with E-state index in [1.807, 2.05) is 41.6 Å². The fourth-order valence-corrected chi connectivity index (χ4v) is 5.48. The number of likely N-dealkylation sites (tertiary alicyclic amines) is 1. The molecule has 6 rings (SSSR count). The molecule has 7 heteroatoms. The molecule has 7 nitrogen and oxygen atoms in total. The summed E-state index contributed by atoms with van der Waals surface area (Å²) < 4.78 is 2.02. The van der Waals surface area contributed by atoms with E-state index in [9.17, 15) is 9.59 Å². The van der Waals surface area contributed by atoms with Gasteiger partial charge >= 0.3 is 0 Å². The van der Waals surface area contributed by atoms with Gasteiger partial charge in [0.2, 0.25) is 5.91 Å². The molecule has 0 N–H and O–H groups in total. The molecule has 1 aliphatic carbocycles. The Morgan fingerprint density at radius 3 is 2.44 bits per heavy atom. The molecule has 0 spiro atoms. The minimum absolute atomic E-state index is 0.0283. The first-order valence-electron chi connectivity index (χ1n) is 12.8. The molecule has 1 saturated carbocycles. The number of aryl methyl sites for hydroxylation is 2. The minimum Gasteiger partial charge on any atom is -0.341 e. The number of carbonyl (C=O) groups is 2. The van der Waals surface area contributed by atoms with Crippen molar-refractivity contribution in [3.8, 4) is 11.1 Å². The molecule has 3 aromatic rings. The average Bonchev–Trinajstić information content (AvgIpc) is 3.40. The number of nitrogens with zero attached hydrogens (tertiary/aromatic N) is 5. The largest absolute Gasteiger partial charge is 0.341 e. The molecular formula is C29H33N5O2. The summed E-state index contributed by atoms with van der Waals surface area (Å²) in [6.45, 7) is 9.94. The Labute approximate surface area is 211 Å². The van der Waals surface area contributed by atoms with Gasteiger partial charge in [-0.15, -0.1) is 0 Å². The fraction of sp³-hybridized carbons (Fsp3) is 0.448. The Hall–Kier alpha value is -3.48. The van der Waals surface area contributed by atoms with Gasteiger partial charge in [0.1, 0.15) is 11.4 Å². The van der Waals surface area contributed by atoms with Crippen LogP contribution in [0.3, 0.4) is 0 Å². The second kappa shape index (κ2) is 7.76. The number of hydrogen-bond donors (Lipinski definition) is 0. The SMILES string of the molecule is Cc1cc(-c2ccc3c(c2)ncn3C)ccc1C1=NC(C)(C)C(=O)N1CC1CN(C(=O)C2(C)CC2)C1. The second-order valence-corrected chi connectivity index (χ2v) is 11.6. The maximum atomic E-state index is 13.3. The van der Waals surface area contributed by atoms with Gasteiger partial charge in [-0.1, -0.05) is 31.2 Å². The third-order valence-corrected chi connectivity index (χ3v) is 8.14.